The van der Waals surface area contributed by atoms with E-state index in [4.69, 9.17) is 0 Å². The van der Waals surface area contributed by atoms with Crippen molar-refractivity contribution in [3.63, 3.8) is 0 Å². The zero-order valence-corrected chi connectivity index (χ0v) is 18.2. The third-order valence-electron chi connectivity index (χ3n) is 8.23. The first-order chi connectivity index (χ1) is 13.5. The molecule has 2 amide bonds. The molecule has 2 saturated carbocycles. The van der Waals surface area contributed by atoms with Crippen molar-refractivity contribution >= 4 is 6.03 Å². The largest absolute Gasteiger partial charge is 0.336 e. The molecule has 4 nitrogen and oxygen atoms in total. The van der Waals surface area contributed by atoms with Crippen LogP contribution in [-0.4, -0.2) is 53.6 Å². The molecule has 1 unspecified atom stereocenters. The summed E-state index contributed by atoms with van der Waals surface area (Å²) in [5, 5.41) is 3.20. The molecule has 0 aromatic heterocycles. The van der Waals surface area contributed by atoms with Gasteiger partial charge in [-0.2, -0.15) is 0 Å². The van der Waals surface area contributed by atoms with Crippen LogP contribution in [0.15, 0.2) is 23.8 Å². The second-order valence-corrected chi connectivity index (χ2v) is 10.0. The molecule has 1 aliphatic heterocycles. The summed E-state index contributed by atoms with van der Waals surface area (Å²) < 4.78 is 0. The molecule has 1 spiro atoms. The molecule has 4 aliphatic rings. The van der Waals surface area contributed by atoms with E-state index in [0.29, 0.717) is 5.92 Å². The Labute approximate surface area is 171 Å². The highest BCUT2D eigenvalue weighted by Gasteiger charge is 2.53. The minimum atomic E-state index is 0.0555. The van der Waals surface area contributed by atoms with Gasteiger partial charge in [-0.05, 0) is 82.4 Å². The summed E-state index contributed by atoms with van der Waals surface area (Å²) in [5.74, 6) is 1.37. The third kappa shape index (κ3) is 3.42. The Balaban J connectivity index is 1.55. The van der Waals surface area contributed by atoms with E-state index < -0.39 is 0 Å². The molecular weight excluding hydrogens is 346 g/mol. The fourth-order valence-corrected chi connectivity index (χ4v) is 6.12. The van der Waals surface area contributed by atoms with Crippen molar-refractivity contribution in [3.05, 3.63) is 23.8 Å². The van der Waals surface area contributed by atoms with Gasteiger partial charge in [0.1, 0.15) is 0 Å². The predicted octanol–water partition coefficient (Wildman–Crippen LogP) is 4.73. The zero-order valence-electron chi connectivity index (χ0n) is 18.2. The molecule has 1 atom stereocenters. The maximum Gasteiger partial charge on any atom is 0.318 e. The number of rotatable bonds is 6. The Hall–Kier alpha value is -1.29. The standard InChI is InChI=1S/C24H39N3O/c1-4-15-26(3)24(21-10-5-7-19(2)16-21)13-11-23(12-14-24)18-25-22(28)27(23)17-20-8-6-9-20/h5,7,10,19-20H,4,6,8-9,11-18H2,1-3H3,(H,25,28)/t19?,23-,24+. The van der Waals surface area contributed by atoms with E-state index in [0.717, 1.165) is 38.4 Å². The highest BCUT2D eigenvalue weighted by atomic mass is 16.2. The zero-order chi connectivity index (χ0) is 19.8. The highest BCUT2D eigenvalue weighted by molar-refractivity contribution is 5.78. The van der Waals surface area contributed by atoms with Crippen LogP contribution in [0.4, 0.5) is 4.79 Å². The molecule has 0 aromatic rings. The van der Waals surface area contributed by atoms with Gasteiger partial charge in [-0.3, -0.25) is 4.90 Å². The van der Waals surface area contributed by atoms with E-state index in [1.54, 1.807) is 5.57 Å². The van der Waals surface area contributed by atoms with Gasteiger partial charge in [0.15, 0.2) is 0 Å². The Morgan fingerprint density at radius 3 is 2.61 bits per heavy atom. The summed E-state index contributed by atoms with van der Waals surface area (Å²) >= 11 is 0. The number of nitrogens with zero attached hydrogens (tertiary/aromatic N) is 2. The van der Waals surface area contributed by atoms with Gasteiger partial charge in [-0.15, -0.1) is 0 Å². The molecule has 4 heteroatoms. The van der Waals surface area contributed by atoms with Gasteiger partial charge in [0.2, 0.25) is 0 Å². The van der Waals surface area contributed by atoms with Gasteiger partial charge in [0, 0.05) is 18.6 Å². The molecule has 156 valence electrons. The van der Waals surface area contributed by atoms with Gasteiger partial charge in [-0.1, -0.05) is 38.5 Å². The molecule has 3 aliphatic carbocycles. The number of hydrogen-bond donors (Lipinski definition) is 1. The van der Waals surface area contributed by atoms with E-state index >= 15 is 0 Å². The number of likely N-dealkylation sites (N-methyl/N-ethyl adjacent to an activating group) is 1. The fourth-order valence-electron chi connectivity index (χ4n) is 6.12. The molecule has 1 N–H and O–H groups in total. The summed E-state index contributed by atoms with van der Waals surface area (Å²) in [5.41, 5.74) is 1.85. The van der Waals surface area contributed by atoms with Crippen LogP contribution in [0.3, 0.4) is 0 Å². The minimum absolute atomic E-state index is 0.0555. The average Bonchev–Trinajstić information content (AvgIpc) is 2.95. The molecule has 0 aromatic carbocycles. The molecule has 28 heavy (non-hydrogen) atoms. The van der Waals surface area contributed by atoms with Gasteiger partial charge in [0.05, 0.1) is 5.54 Å². The second kappa shape index (κ2) is 7.85. The number of amides is 2. The van der Waals surface area contributed by atoms with E-state index in [-0.39, 0.29) is 17.1 Å². The third-order valence-corrected chi connectivity index (χ3v) is 8.23. The van der Waals surface area contributed by atoms with Crippen molar-refractivity contribution < 1.29 is 4.79 Å². The molecule has 3 fully saturated rings. The second-order valence-electron chi connectivity index (χ2n) is 10.0. The fraction of sp³-hybridized carbons (Fsp3) is 0.792. The number of nitrogens with one attached hydrogen (secondary N) is 1. The van der Waals surface area contributed by atoms with Crippen LogP contribution in [0, 0.1) is 11.8 Å². The molecule has 0 radical (unpaired) electrons. The summed E-state index contributed by atoms with van der Waals surface area (Å²) in [6.07, 6.45) is 17.9. The summed E-state index contributed by atoms with van der Waals surface area (Å²) in [7, 11) is 2.33. The monoisotopic (exact) mass is 385 g/mol. The number of carbonyl (C=O) groups excluding carboxylic acids is 1. The van der Waals surface area contributed by atoms with Crippen molar-refractivity contribution in [1.29, 1.82) is 0 Å². The molecule has 1 saturated heterocycles. The molecular formula is C24H39N3O. The number of carbonyl (C=O) groups is 1. The SMILES string of the molecule is CCCN(C)[C@]1(C2=CC=CC(C)C2)CC[C@]2(CC1)CNC(=O)N2CC1CCC1. The van der Waals surface area contributed by atoms with Gasteiger partial charge in [0.25, 0.3) is 0 Å². The first kappa shape index (κ1) is 20.0. The first-order valence-corrected chi connectivity index (χ1v) is 11.6. The maximum atomic E-state index is 12.6. The Morgan fingerprint density at radius 1 is 1.25 bits per heavy atom. The Kier molecular flexibility index (Phi) is 5.61. The maximum absolute atomic E-state index is 12.6. The van der Waals surface area contributed by atoms with E-state index in [1.165, 1.54) is 44.9 Å². The minimum Gasteiger partial charge on any atom is -0.336 e. The Morgan fingerprint density at radius 2 is 2.00 bits per heavy atom. The normalized spacial score (nSPS) is 36.0. The van der Waals surface area contributed by atoms with Crippen molar-refractivity contribution in [2.45, 2.75) is 82.7 Å². The van der Waals surface area contributed by atoms with Crippen molar-refractivity contribution in [1.82, 2.24) is 15.1 Å². The predicted molar refractivity (Wildman–Crippen MR) is 115 cm³/mol. The van der Waals surface area contributed by atoms with Crippen LogP contribution in [0.25, 0.3) is 0 Å². The Bertz CT molecular complexity index is 640. The summed E-state index contributed by atoms with van der Waals surface area (Å²) in [4.78, 5) is 17.5. The lowest BCUT2D eigenvalue weighted by Gasteiger charge is -2.53. The molecule has 1 heterocycles. The van der Waals surface area contributed by atoms with Gasteiger partial charge in [-0.25, -0.2) is 4.79 Å². The van der Waals surface area contributed by atoms with Crippen LogP contribution in [0.2, 0.25) is 0 Å². The van der Waals surface area contributed by atoms with Crippen molar-refractivity contribution in [2.24, 2.45) is 11.8 Å². The number of allylic oxidation sites excluding steroid dienone is 3. The lowest BCUT2D eigenvalue weighted by molar-refractivity contribution is 0.0249. The van der Waals surface area contributed by atoms with E-state index in [2.05, 4.69) is 54.2 Å². The highest BCUT2D eigenvalue weighted by Crippen LogP contribution is 2.48. The van der Waals surface area contributed by atoms with Crippen LogP contribution in [0.5, 0.6) is 0 Å². The quantitative estimate of drug-likeness (QED) is 0.717. The molecule has 0 bridgehead atoms. The summed E-state index contributed by atoms with van der Waals surface area (Å²) in [6, 6.07) is 0.190. The van der Waals surface area contributed by atoms with Crippen molar-refractivity contribution in [2.75, 3.05) is 26.7 Å². The van der Waals surface area contributed by atoms with Crippen LogP contribution >= 0.6 is 0 Å². The average molecular weight is 386 g/mol. The number of urea groups is 1. The molecule has 4 rings (SSSR count). The van der Waals surface area contributed by atoms with Gasteiger partial charge >= 0.3 is 6.03 Å². The van der Waals surface area contributed by atoms with E-state index in [1.807, 2.05) is 0 Å². The smallest absolute Gasteiger partial charge is 0.318 e. The van der Waals surface area contributed by atoms with E-state index in [9.17, 15) is 4.79 Å². The topological polar surface area (TPSA) is 35.6 Å². The number of hydrogen-bond acceptors (Lipinski definition) is 2. The van der Waals surface area contributed by atoms with Crippen LogP contribution in [0.1, 0.15) is 71.6 Å². The first-order valence-electron chi connectivity index (χ1n) is 11.6. The van der Waals surface area contributed by atoms with Gasteiger partial charge < -0.3 is 10.2 Å². The lowest BCUT2D eigenvalue weighted by Crippen LogP contribution is -2.59. The van der Waals surface area contributed by atoms with Crippen LogP contribution in [-0.2, 0) is 0 Å². The van der Waals surface area contributed by atoms with Crippen molar-refractivity contribution in [3.8, 4) is 0 Å². The van der Waals surface area contributed by atoms with Crippen LogP contribution < -0.4 is 5.32 Å². The summed E-state index contributed by atoms with van der Waals surface area (Å²) in [6.45, 7) is 7.59. The lowest BCUT2D eigenvalue weighted by atomic mass is 9.65.